The quantitative estimate of drug-likeness (QED) is 0.290. The minimum atomic E-state index is -0.311. The molecule has 0 aliphatic carbocycles. The van der Waals surface area contributed by atoms with Crippen molar-refractivity contribution in [1.82, 2.24) is 23.0 Å². The van der Waals surface area contributed by atoms with E-state index in [0.717, 1.165) is 55.6 Å². The Morgan fingerprint density at radius 1 is 1.24 bits per heavy atom. The molecule has 0 unspecified atom stereocenters. The first-order valence-electron chi connectivity index (χ1n) is 12.7. The van der Waals surface area contributed by atoms with Crippen molar-refractivity contribution in [3.63, 3.8) is 0 Å². The molecule has 12 heteroatoms. The van der Waals surface area contributed by atoms with Crippen molar-refractivity contribution < 1.29 is 9.53 Å². The zero-order valence-corrected chi connectivity index (χ0v) is 24.5. The molecule has 2 saturated heterocycles. The molecular formula is C26H31ClIN7O3. The number of carbonyl (C=O) groups excluding carboxylic acids is 1. The summed E-state index contributed by atoms with van der Waals surface area (Å²) in [6.45, 7) is 7.79. The molecule has 38 heavy (non-hydrogen) atoms. The second-order valence-electron chi connectivity index (χ2n) is 10.3. The van der Waals surface area contributed by atoms with Crippen molar-refractivity contribution in [2.24, 2.45) is 5.41 Å². The fraction of sp³-hybridized carbons (Fsp3) is 0.462. The zero-order valence-electron chi connectivity index (χ0n) is 21.6. The van der Waals surface area contributed by atoms with Gasteiger partial charge in [0.2, 0.25) is 5.95 Å². The first-order chi connectivity index (χ1) is 18.2. The van der Waals surface area contributed by atoms with E-state index in [0.29, 0.717) is 22.2 Å². The van der Waals surface area contributed by atoms with Crippen LogP contribution in [-0.4, -0.2) is 63.4 Å². The number of benzene rings is 1. The van der Waals surface area contributed by atoms with Crippen LogP contribution in [0.15, 0.2) is 35.3 Å². The highest BCUT2D eigenvalue weighted by atomic mass is 127. The highest BCUT2D eigenvalue weighted by Crippen LogP contribution is 2.42. The van der Waals surface area contributed by atoms with Gasteiger partial charge in [-0.2, -0.15) is 4.98 Å². The van der Waals surface area contributed by atoms with Gasteiger partial charge < -0.3 is 24.8 Å². The van der Waals surface area contributed by atoms with Gasteiger partial charge in [0.05, 0.1) is 11.7 Å². The molecule has 0 saturated carbocycles. The number of likely N-dealkylation sites (N-methyl/N-ethyl adjacent to an activating group) is 1. The molecule has 2 N–H and O–H groups in total. The Morgan fingerprint density at radius 3 is 2.63 bits per heavy atom. The van der Waals surface area contributed by atoms with Crippen molar-refractivity contribution in [2.45, 2.75) is 32.7 Å². The van der Waals surface area contributed by atoms with E-state index in [1.807, 2.05) is 32.0 Å². The number of piperidine rings is 1. The van der Waals surface area contributed by atoms with Crippen LogP contribution in [0.3, 0.4) is 0 Å². The standard InChI is InChI=1S/C26H31ClIN7O3/c1-16(2)35-20-5-4-18(10-17(20)11-21(24(35)37)38-13-22(36)29-3)31-23-19(27)12-30-25(32-23)33-8-6-26(7-9-33)14-34(28)15-26/h4-5,10-12,16H,6-9,13-15H2,1-3H3,(H,29,36)(H,30,31,32). The molecule has 3 aromatic rings. The van der Waals surface area contributed by atoms with Crippen LogP contribution in [-0.2, 0) is 4.79 Å². The molecule has 2 aliphatic rings. The minimum Gasteiger partial charge on any atom is -0.478 e. The largest absolute Gasteiger partial charge is 0.478 e. The van der Waals surface area contributed by atoms with Gasteiger partial charge in [-0.3, -0.25) is 9.59 Å². The Kier molecular flexibility index (Phi) is 7.70. The van der Waals surface area contributed by atoms with Crippen LogP contribution in [0.1, 0.15) is 32.7 Å². The number of pyridine rings is 1. The van der Waals surface area contributed by atoms with Gasteiger partial charge in [-0.05, 0) is 51.0 Å². The number of hydrogen-bond donors (Lipinski definition) is 2. The van der Waals surface area contributed by atoms with Gasteiger partial charge in [-0.15, -0.1) is 0 Å². The molecule has 0 radical (unpaired) electrons. The average molecular weight is 652 g/mol. The molecule has 5 rings (SSSR count). The van der Waals surface area contributed by atoms with Crippen LogP contribution in [0, 0.1) is 5.41 Å². The number of fused-ring (bicyclic) bond motifs is 1. The molecule has 2 fully saturated rings. The number of hydrogen-bond acceptors (Lipinski definition) is 8. The summed E-state index contributed by atoms with van der Waals surface area (Å²) in [6.07, 6.45) is 3.90. The average Bonchev–Trinajstić information content (AvgIpc) is 2.88. The number of amides is 1. The van der Waals surface area contributed by atoms with E-state index in [9.17, 15) is 9.59 Å². The molecular weight excluding hydrogens is 621 g/mol. The summed E-state index contributed by atoms with van der Waals surface area (Å²) in [5.74, 6) is 0.992. The molecule has 2 aromatic heterocycles. The van der Waals surface area contributed by atoms with Crippen LogP contribution in [0.25, 0.3) is 10.9 Å². The lowest BCUT2D eigenvalue weighted by Gasteiger charge is -2.51. The van der Waals surface area contributed by atoms with Gasteiger partial charge in [-0.25, -0.2) is 8.10 Å². The van der Waals surface area contributed by atoms with E-state index in [4.69, 9.17) is 21.3 Å². The first kappa shape index (κ1) is 26.9. The molecule has 4 heterocycles. The molecule has 0 atom stereocenters. The number of halogens is 2. The van der Waals surface area contributed by atoms with E-state index < -0.39 is 0 Å². The lowest BCUT2D eigenvalue weighted by Crippen LogP contribution is -2.56. The van der Waals surface area contributed by atoms with Crippen LogP contribution >= 0.6 is 34.5 Å². The van der Waals surface area contributed by atoms with E-state index in [1.165, 1.54) is 7.05 Å². The van der Waals surface area contributed by atoms with Gasteiger partial charge in [0, 0.05) is 78.6 Å². The minimum absolute atomic E-state index is 0.102. The van der Waals surface area contributed by atoms with E-state index in [1.54, 1.807) is 16.8 Å². The summed E-state index contributed by atoms with van der Waals surface area (Å²) in [5, 5.41) is 7.02. The number of nitrogens with zero attached hydrogens (tertiary/aromatic N) is 5. The summed E-state index contributed by atoms with van der Waals surface area (Å²) in [7, 11) is 1.52. The maximum absolute atomic E-state index is 13.1. The highest BCUT2D eigenvalue weighted by Gasteiger charge is 2.44. The third kappa shape index (κ3) is 5.41. The Balaban J connectivity index is 1.40. The van der Waals surface area contributed by atoms with Crippen molar-refractivity contribution in [2.75, 3.05) is 50.1 Å². The molecule has 202 valence electrons. The SMILES string of the molecule is CNC(=O)COc1cc2cc(Nc3nc(N4CCC5(CC4)CN(I)C5)ncc3Cl)ccc2n(C(C)C)c1=O. The van der Waals surface area contributed by atoms with Crippen LogP contribution in [0.2, 0.25) is 5.02 Å². The molecule has 2 aliphatic heterocycles. The number of rotatable bonds is 7. The monoisotopic (exact) mass is 651 g/mol. The van der Waals surface area contributed by atoms with Gasteiger partial charge >= 0.3 is 0 Å². The Bertz CT molecular complexity index is 1410. The summed E-state index contributed by atoms with van der Waals surface area (Å²) < 4.78 is 9.57. The summed E-state index contributed by atoms with van der Waals surface area (Å²) >= 11 is 8.87. The van der Waals surface area contributed by atoms with Crippen molar-refractivity contribution in [3.05, 3.63) is 45.8 Å². The Hall–Kier alpha value is -2.64. The zero-order chi connectivity index (χ0) is 27.0. The van der Waals surface area contributed by atoms with Crippen molar-refractivity contribution >= 4 is 68.7 Å². The second-order valence-corrected chi connectivity index (χ2v) is 12.0. The van der Waals surface area contributed by atoms with Gasteiger partial charge in [0.1, 0.15) is 5.02 Å². The first-order valence-corrected chi connectivity index (χ1v) is 14.0. The number of anilines is 3. The summed E-state index contributed by atoms with van der Waals surface area (Å²) in [4.78, 5) is 36.2. The molecule has 1 spiro atoms. The third-order valence-electron chi connectivity index (χ3n) is 7.27. The van der Waals surface area contributed by atoms with Crippen LogP contribution in [0.5, 0.6) is 5.75 Å². The predicted octanol–water partition coefficient (Wildman–Crippen LogP) is 4.15. The highest BCUT2D eigenvalue weighted by molar-refractivity contribution is 14.1. The summed E-state index contributed by atoms with van der Waals surface area (Å²) in [5.41, 5.74) is 1.68. The lowest BCUT2D eigenvalue weighted by atomic mass is 9.73. The van der Waals surface area contributed by atoms with Gasteiger partial charge in [-0.1, -0.05) is 11.6 Å². The molecule has 1 aromatic carbocycles. The topological polar surface area (TPSA) is 105 Å². The molecule has 0 bridgehead atoms. The van der Waals surface area contributed by atoms with E-state index in [2.05, 4.69) is 46.5 Å². The number of aromatic nitrogens is 3. The number of nitrogens with one attached hydrogen (secondary N) is 2. The third-order valence-corrected chi connectivity index (χ3v) is 8.23. The smallest absolute Gasteiger partial charge is 0.293 e. The molecule has 1 amide bonds. The fourth-order valence-corrected chi connectivity index (χ4v) is 6.73. The second kappa shape index (κ2) is 10.9. The van der Waals surface area contributed by atoms with E-state index in [-0.39, 0.29) is 29.9 Å². The maximum Gasteiger partial charge on any atom is 0.293 e. The fourth-order valence-electron chi connectivity index (χ4n) is 5.14. The Morgan fingerprint density at radius 2 is 1.97 bits per heavy atom. The van der Waals surface area contributed by atoms with Crippen LogP contribution < -0.4 is 25.8 Å². The normalized spacial score (nSPS) is 17.1. The lowest BCUT2D eigenvalue weighted by molar-refractivity contribution is -0.122. The van der Waals surface area contributed by atoms with Crippen molar-refractivity contribution in [3.8, 4) is 5.75 Å². The van der Waals surface area contributed by atoms with Gasteiger partial charge in [0.15, 0.2) is 18.2 Å². The predicted molar refractivity (Wildman–Crippen MR) is 158 cm³/mol. The summed E-state index contributed by atoms with van der Waals surface area (Å²) in [6, 6.07) is 7.25. The number of carbonyl (C=O) groups is 1. The van der Waals surface area contributed by atoms with Crippen LogP contribution in [0.4, 0.5) is 17.5 Å². The molecule has 10 nitrogen and oxygen atoms in total. The van der Waals surface area contributed by atoms with Crippen molar-refractivity contribution in [1.29, 1.82) is 0 Å². The number of ether oxygens (including phenoxy) is 1. The maximum atomic E-state index is 13.1. The Labute approximate surface area is 240 Å². The van der Waals surface area contributed by atoms with Gasteiger partial charge in [0.25, 0.3) is 11.5 Å². The van der Waals surface area contributed by atoms with E-state index >= 15 is 0 Å².